The van der Waals surface area contributed by atoms with Gasteiger partial charge in [-0.3, -0.25) is 4.79 Å². The summed E-state index contributed by atoms with van der Waals surface area (Å²) in [6, 6.07) is 1.43. The molecule has 1 aliphatic heterocycles. The lowest BCUT2D eigenvalue weighted by atomic mass is 10.0. The van der Waals surface area contributed by atoms with Gasteiger partial charge in [-0.2, -0.15) is 0 Å². The molecule has 1 aromatic rings. The van der Waals surface area contributed by atoms with Crippen LogP contribution in [0, 0.1) is 13.8 Å². The first-order chi connectivity index (χ1) is 9.41. The molecular weight excluding hydrogens is 324 g/mol. The van der Waals surface area contributed by atoms with Gasteiger partial charge in [0.05, 0.1) is 24.3 Å². The third-order valence-corrected chi connectivity index (χ3v) is 4.60. The van der Waals surface area contributed by atoms with Gasteiger partial charge in [0, 0.05) is 16.8 Å². The van der Waals surface area contributed by atoms with Gasteiger partial charge in [-0.25, -0.2) is 0 Å². The fourth-order valence-electron chi connectivity index (χ4n) is 2.22. The van der Waals surface area contributed by atoms with Gasteiger partial charge in [-0.05, 0) is 37.5 Å². The molecule has 0 spiro atoms. The zero-order valence-electron chi connectivity index (χ0n) is 11.6. The van der Waals surface area contributed by atoms with E-state index in [1.165, 1.54) is 0 Å². The Balaban J connectivity index is 2.21. The predicted octanol–water partition coefficient (Wildman–Crippen LogP) is 1.53. The molecule has 0 aliphatic carbocycles. The van der Waals surface area contributed by atoms with Crippen LogP contribution in [0.15, 0.2) is 10.5 Å². The molecular formula is C14H19BrN2O3. The van der Waals surface area contributed by atoms with Crippen molar-refractivity contribution >= 4 is 27.5 Å². The number of amides is 1. The van der Waals surface area contributed by atoms with Gasteiger partial charge in [0.2, 0.25) is 0 Å². The molecule has 1 heterocycles. The smallest absolute Gasteiger partial charge is 0.253 e. The van der Waals surface area contributed by atoms with Gasteiger partial charge in [0.1, 0.15) is 0 Å². The van der Waals surface area contributed by atoms with Crippen LogP contribution in [-0.2, 0) is 4.74 Å². The highest BCUT2D eigenvalue weighted by atomic mass is 79.9. The van der Waals surface area contributed by atoms with Crippen LogP contribution in [0.1, 0.15) is 27.9 Å². The maximum Gasteiger partial charge on any atom is 0.253 e. The molecule has 1 aliphatic rings. The van der Waals surface area contributed by atoms with E-state index < -0.39 is 6.10 Å². The van der Waals surface area contributed by atoms with Crippen LogP contribution in [-0.4, -0.2) is 36.4 Å². The highest BCUT2D eigenvalue weighted by molar-refractivity contribution is 9.10. The van der Waals surface area contributed by atoms with Gasteiger partial charge in [0.25, 0.3) is 5.91 Å². The van der Waals surface area contributed by atoms with E-state index in [1.807, 2.05) is 13.8 Å². The van der Waals surface area contributed by atoms with Crippen LogP contribution in [0.5, 0.6) is 0 Å². The highest BCUT2D eigenvalue weighted by Gasteiger charge is 2.26. The zero-order chi connectivity index (χ0) is 14.9. The van der Waals surface area contributed by atoms with E-state index in [-0.39, 0.29) is 18.6 Å². The second-order valence-electron chi connectivity index (χ2n) is 5.08. The standard InChI is InChI=1S/C14H19BrN2O3/c1-7-8(2)13(16)9(5-10(7)15)14(19)17-11-3-4-20-6-12(11)18/h5,11-12,18H,3-4,6,16H2,1-2H3,(H,17,19)/t11-,12-/m0/s1. The maximum atomic E-state index is 12.3. The van der Waals surface area contributed by atoms with Gasteiger partial charge in [-0.1, -0.05) is 15.9 Å². The zero-order valence-corrected chi connectivity index (χ0v) is 13.2. The molecule has 1 saturated heterocycles. The molecule has 0 aromatic heterocycles. The summed E-state index contributed by atoms with van der Waals surface area (Å²) in [6.07, 6.45) is -0.0809. The number of benzene rings is 1. The minimum absolute atomic E-state index is 0.247. The average Bonchev–Trinajstić information content (AvgIpc) is 2.43. The number of hydrogen-bond acceptors (Lipinski definition) is 4. The first-order valence-electron chi connectivity index (χ1n) is 6.53. The lowest BCUT2D eigenvalue weighted by Gasteiger charge is -2.28. The maximum absolute atomic E-state index is 12.3. The van der Waals surface area contributed by atoms with Gasteiger partial charge in [-0.15, -0.1) is 0 Å². The average molecular weight is 343 g/mol. The molecule has 20 heavy (non-hydrogen) atoms. The summed E-state index contributed by atoms with van der Waals surface area (Å²) in [7, 11) is 0. The van der Waals surface area contributed by atoms with E-state index in [2.05, 4.69) is 21.2 Å². The van der Waals surface area contributed by atoms with Gasteiger partial charge in [0.15, 0.2) is 0 Å². The first-order valence-corrected chi connectivity index (χ1v) is 7.33. The lowest BCUT2D eigenvalue weighted by molar-refractivity contribution is -0.0260. The highest BCUT2D eigenvalue weighted by Crippen LogP contribution is 2.28. The van der Waals surface area contributed by atoms with Crippen LogP contribution in [0.2, 0.25) is 0 Å². The molecule has 2 rings (SSSR count). The van der Waals surface area contributed by atoms with Crippen LogP contribution in [0.25, 0.3) is 0 Å². The van der Waals surface area contributed by atoms with Crippen molar-refractivity contribution in [1.82, 2.24) is 5.32 Å². The minimum atomic E-state index is -0.677. The summed E-state index contributed by atoms with van der Waals surface area (Å²) in [5, 5.41) is 12.6. The number of nitrogens with two attached hydrogens (primary N) is 1. The number of hydrogen-bond donors (Lipinski definition) is 3. The summed E-state index contributed by atoms with van der Waals surface area (Å²) in [5.41, 5.74) is 8.83. The Hall–Kier alpha value is -1.11. The molecule has 2 atom stereocenters. The molecule has 6 heteroatoms. The van der Waals surface area contributed by atoms with Crippen molar-refractivity contribution in [2.24, 2.45) is 0 Å². The second kappa shape index (κ2) is 6.11. The van der Waals surface area contributed by atoms with E-state index in [1.54, 1.807) is 6.07 Å². The Kier molecular flexibility index (Phi) is 4.67. The van der Waals surface area contributed by atoms with Crippen molar-refractivity contribution in [2.75, 3.05) is 18.9 Å². The molecule has 0 bridgehead atoms. The Morgan fingerprint density at radius 3 is 2.85 bits per heavy atom. The Morgan fingerprint density at radius 2 is 2.20 bits per heavy atom. The Morgan fingerprint density at radius 1 is 1.50 bits per heavy atom. The van der Waals surface area contributed by atoms with Crippen molar-refractivity contribution < 1.29 is 14.6 Å². The molecule has 1 fully saturated rings. The quantitative estimate of drug-likeness (QED) is 0.711. The number of nitrogen functional groups attached to an aromatic ring is 1. The fraction of sp³-hybridized carbons (Fsp3) is 0.500. The topological polar surface area (TPSA) is 84.6 Å². The number of rotatable bonds is 2. The number of anilines is 1. The summed E-state index contributed by atoms with van der Waals surface area (Å²) >= 11 is 3.43. The SMILES string of the molecule is Cc1c(Br)cc(C(=O)N[C@H]2CCOC[C@@H]2O)c(N)c1C. The summed E-state index contributed by atoms with van der Waals surface area (Å²) in [4.78, 5) is 12.3. The van der Waals surface area contributed by atoms with Crippen LogP contribution >= 0.6 is 15.9 Å². The third kappa shape index (κ3) is 2.97. The van der Waals surface area contributed by atoms with E-state index in [9.17, 15) is 9.90 Å². The molecule has 4 N–H and O–H groups in total. The van der Waals surface area contributed by atoms with Gasteiger partial charge >= 0.3 is 0 Å². The van der Waals surface area contributed by atoms with Crippen molar-refractivity contribution in [3.05, 3.63) is 27.2 Å². The largest absolute Gasteiger partial charge is 0.398 e. The molecule has 0 unspecified atom stereocenters. The third-order valence-electron chi connectivity index (χ3n) is 3.77. The van der Waals surface area contributed by atoms with Crippen LogP contribution in [0.4, 0.5) is 5.69 Å². The number of halogens is 1. The predicted molar refractivity (Wildman–Crippen MR) is 80.7 cm³/mol. The molecule has 5 nitrogen and oxygen atoms in total. The number of nitrogens with one attached hydrogen (secondary N) is 1. The molecule has 0 radical (unpaired) electrons. The van der Waals surface area contributed by atoms with E-state index in [4.69, 9.17) is 10.5 Å². The first kappa shape index (κ1) is 15.3. The van der Waals surface area contributed by atoms with Crippen LogP contribution < -0.4 is 11.1 Å². The summed E-state index contributed by atoms with van der Waals surface area (Å²) in [5.74, 6) is -0.266. The number of aliphatic hydroxyl groups excluding tert-OH is 1. The van der Waals surface area contributed by atoms with E-state index >= 15 is 0 Å². The number of aliphatic hydroxyl groups is 1. The Bertz CT molecular complexity index is 534. The monoisotopic (exact) mass is 342 g/mol. The molecule has 1 amide bonds. The van der Waals surface area contributed by atoms with Crippen molar-refractivity contribution in [2.45, 2.75) is 32.4 Å². The van der Waals surface area contributed by atoms with E-state index in [0.29, 0.717) is 24.3 Å². The van der Waals surface area contributed by atoms with Crippen molar-refractivity contribution in [1.29, 1.82) is 0 Å². The number of carbonyl (C=O) groups is 1. The molecule has 1 aromatic carbocycles. The molecule has 0 saturated carbocycles. The summed E-state index contributed by atoms with van der Waals surface area (Å²) in [6.45, 7) is 4.61. The second-order valence-corrected chi connectivity index (χ2v) is 5.93. The minimum Gasteiger partial charge on any atom is -0.398 e. The van der Waals surface area contributed by atoms with Crippen molar-refractivity contribution in [3.63, 3.8) is 0 Å². The number of ether oxygens (including phenoxy) is 1. The molecule has 110 valence electrons. The summed E-state index contributed by atoms with van der Waals surface area (Å²) < 4.78 is 5.99. The lowest BCUT2D eigenvalue weighted by Crippen LogP contribution is -2.48. The van der Waals surface area contributed by atoms with Gasteiger partial charge < -0.3 is 20.9 Å². The normalized spacial score (nSPS) is 22.6. The number of carbonyl (C=O) groups excluding carboxylic acids is 1. The van der Waals surface area contributed by atoms with Crippen molar-refractivity contribution in [3.8, 4) is 0 Å². The fourth-order valence-corrected chi connectivity index (χ4v) is 2.75. The Labute approximate surface area is 126 Å². The van der Waals surface area contributed by atoms with E-state index in [0.717, 1.165) is 15.6 Å². The van der Waals surface area contributed by atoms with Crippen LogP contribution in [0.3, 0.4) is 0 Å².